The van der Waals surface area contributed by atoms with Crippen LogP contribution in [0.4, 0.5) is 4.79 Å². The normalized spacial score (nSPS) is 13.2. The maximum atomic E-state index is 11.4. The summed E-state index contributed by atoms with van der Waals surface area (Å²) in [4.78, 5) is 11.4. The molecule has 0 bridgehead atoms. The Morgan fingerprint density at radius 2 is 1.18 bits per heavy atom. The van der Waals surface area contributed by atoms with Crippen LogP contribution in [0.5, 0.6) is 5.75 Å². The predicted molar refractivity (Wildman–Crippen MR) is 94.4 cm³/mol. The first kappa shape index (κ1) is 19.0. The van der Waals surface area contributed by atoms with E-state index in [1.807, 2.05) is 0 Å². The van der Waals surface area contributed by atoms with E-state index in [1.165, 1.54) is 5.56 Å². The van der Waals surface area contributed by atoms with Gasteiger partial charge in [0.15, 0.2) is 0 Å². The second-order valence-electron chi connectivity index (χ2n) is 8.99. The van der Waals surface area contributed by atoms with Crippen LogP contribution < -0.4 is 4.74 Å². The van der Waals surface area contributed by atoms with E-state index in [-0.39, 0.29) is 16.2 Å². The Morgan fingerprint density at radius 1 is 0.818 bits per heavy atom. The van der Waals surface area contributed by atoms with E-state index in [2.05, 4.69) is 74.4 Å². The van der Waals surface area contributed by atoms with Crippen molar-refractivity contribution in [3.05, 3.63) is 28.8 Å². The van der Waals surface area contributed by atoms with Crippen molar-refractivity contribution in [1.29, 1.82) is 0 Å². The summed E-state index contributed by atoms with van der Waals surface area (Å²) < 4.78 is 5.42. The van der Waals surface area contributed by atoms with Crippen LogP contribution in [-0.2, 0) is 16.2 Å². The van der Waals surface area contributed by atoms with Gasteiger partial charge in [-0.2, -0.15) is 0 Å². The van der Waals surface area contributed by atoms with Gasteiger partial charge in [-0.1, -0.05) is 74.4 Å². The summed E-state index contributed by atoms with van der Waals surface area (Å²) in [6.07, 6.45) is 0. The van der Waals surface area contributed by atoms with Gasteiger partial charge < -0.3 is 4.74 Å². The predicted octanol–water partition coefficient (Wildman–Crippen LogP) is 6.32. The number of benzene rings is 1. The van der Waals surface area contributed by atoms with Crippen LogP contribution >= 0.6 is 11.6 Å². The Bertz CT molecular complexity index is 532. The molecule has 0 radical (unpaired) electrons. The number of halogens is 1. The van der Waals surface area contributed by atoms with Crippen LogP contribution in [0.3, 0.4) is 0 Å². The average Bonchev–Trinajstić information content (AvgIpc) is 2.23. The summed E-state index contributed by atoms with van der Waals surface area (Å²) in [7, 11) is 0. The van der Waals surface area contributed by atoms with E-state index in [9.17, 15) is 4.79 Å². The van der Waals surface area contributed by atoms with Crippen molar-refractivity contribution in [3.8, 4) is 5.75 Å². The lowest BCUT2D eigenvalue weighted by atomic mass is 9.75. The van der Waals surface area contributed by atoms with Crippen LogP contribution in [0.1, 0.15) is 79.0 Å². The Hall–Kier alpha value is -1.02. The van der Waals surface area contributed by atoms with E-state index in [1.54, 1.807) is 0 Å². The first-order valence-electron chi connectivity index (χ1n) is 7.71. The third-order valence-corrected chi connectivity index (χ3v) is 3.83. The summed E-state index contributed by atoms with van der Waals surface area (Å²) in [6, 6.07) is 4.29. The molecule has 0 saturated heterocycles. The van der Waals surface area contributed by atoms with E-state index in [0.29, 0.717) is 5.75 Å². The van der Waals surface area contributed by atoms with Gasteiger partial charge in [-0.05, 0) is 21.8 Å². The smallest absolute Gasteiger partial charge is 0.409 e. The third kappa shape index (κ3) is 4.49. The summed E-state index contributed by atoms with van der Waals surface area (Å²) in [5.74, 6) is 0.605. The zero-order valence-corrected chi connectivity index (χ0v) is 16.1. The summed E-state index contributed by atoms with van der Waals surface area (Å²) in [5, 5.41) is 0. The largest absolute Gasteiger partial charge is 0.414 e. The Labute approximate surface area is 140 Å². The van der Waals surface area contributed by atoms with Crippen molar-refractivity contribution in [1.82, 2.24) is 0 Å². The molecule has 0 N–H and O–H groups in total. The number of carbonyl (C=O) groups is 1. The number of hydrogen-bond acceptors (Lipinski definition) is 2. The first-order chi connectivity index (χ1) is 9.64. The van der Waals surface area contributed by atoms with Crippen molar-refractivity contribution in [2.75, 3.05) is 0 Å². The Balaban J connectivity index is 3.81. The molecule has 0 fully saturated rings. The van der Waals surface area contributed by atoms with E-state index in [0.717, 1.165) is 11.1 Å². The topological polar surface area (TPSA) is 26.3 Å². The number of carbonyl (C=O) groups excluding carboxylic acids is 1. The van der Waals surface area contributed by atoms with Gasteiger partial charge in [-0.3, -0.25) is 0 Å². The Morgan fingerprint density at radius 3 is 1.41 bits per heavy atom. The van der Waals surface area contributed by atoms with E-state index in [4.69, 9.17) is 16.3 Å². The molecule has 0 spiro atoms. The molecule has 0 atom stereocenters. The summed E-state index contributed by atoms with van der Waals surface area (Å²) in [6.45, 7) is 19.3. The number of hydrogen-bond donors (Lipinski definition) is 0. The minimum atomic E-state index is -0.792. The van der Waals surface area contributed by atoms with Crippen molar-refractivity contribution in [3.63, 3.8) is 0 Å². The van der Waals surface area contributed by atoms with E-state index < -0.39 is 5.43 Å². The molecule has 0 aliphatic rings. The van der Waals surface area contributed by atoms with Crippen LogP contribution in [0.25, 0.3) is 0 Å². The lowest BCUT2D eigenvalue weighted by Gasteiger charge is -2.32. The molecule has 124 valence electrons. The average molecular weight is 325 g/mol. The SMILES string of the molecule is CC(C)(C)c1cc(C(C)(C)C)c(OC(=O)Cl)c(C(C)(C)C)c1. The van der Waals surface area contributed by atoms with Gasteiger partial charge >= 0.3 is 5.43 Å². The lowest BCUT2D eigenvalue weighted by molar-refractivity contribution is 0.223. The second-order valence-corrected chi connectivity index (χ2v) is 9.30. The fourth-order valence-corrected chi connectivity index (χ4v) is 2.44. The minimum Gasteiger partial charge on any atom is -0.414 e. The molecule has 0 heterocycles. The highest BCUT2D eigenvalue weighted by Gasteiger charge is 2.30. The quantitative estimate of drug-likeness (QED) is 0.565. The van der Waals surface area contributed by atoms with Crippen molar-refractivity contribution < 1.29 is 9.53 Å². The van der Waals surface area contributed by atoms with Gasteiger partial charge in [0, 0.05) is 22.7 Å². The van der Waals surface area contributed by atoms with Crippen molar-refractivity contribution in [2.45, 2.75) is 78.6 Å². The zero-order valence-electron chi connectivity index (χ0n) is 15.3. The molecule has 0 amide bonds. The number of ether oxygens (including phenoxy) is 1. The Kier molecular flexibility index (Phi) is 5.09. The third-order valence-electron chi connectivity index (χ3n) is 3.75. The van der Waals surface area contributed by atoms with Gasteiger partial charge in [0.25, 0.3) is 0 Å². The molecule has 0 aromatic heterocycles. The van der Waals surface area contributed by atoms with Crippen molar-refractivity contribution in [2.24, 2.45) is 0 Å². The minimum absolute atomic E-state index is 0.0174. The standard InChI is InChI=1S/C19H29ClO2/c1-17(2,3)12-10-13(18(4,5)6)15(22-16(20)21)14(11-12)19(7,8)9/h10-11H,1-9H3. The number of rotatable bonds is 1. The molecule has 0 aliphatic carbocycles. The van der Waals surface area contributed by atoms with Crippen LogP contribution in [0, 0.1) is 0 Å². The van der Waals surface area contributed by atoms with E-state index >= 15 is 0 Å². The van der Waals surface area contributed by atoms with Gasteiger partial charge in [0.05, 0.1) is 0 Å². The summed E-state index contributed by atoms with van der Waals surface area (Å²) >= 11 is 5.52. The molecule has 0 unspecified atom stereocenters. The molecule has 1 rings (SSSR count). The fraction of sp³-hybridized carbons (Fsp3) is 0.632. The van der Waals surface area contributed by atoms with Gasteiger partial charge in [0.2, 0.25) is 0 Å². The molecule has 22 heavy (non-hydrogen) atoms. The van der Waals surface area contributed by atoms with Gasteiger partial charge in [0.1, 0.15) is 5.75 Å². The molecular weight excluding hydrogens is 296 g/mol. The lowest BCUT2D eigenvalue weighted by Crippen LogP contribution is -2.23. The maximum absolute atomic E-state index is 11.4. The monoisotopic (exact) mass is 324 g/mol. The maximum Gasteiger partial charge on any atom is 0.409 e. The molecule has 0 aliphatic heterocycles. The van der Waals surface area contributed by atoms with Gasteiger partial charge in [-0.25, -0.2) is 4.79 Å². The second kappa shape index (κ2) is 5.88. The zero-order chi connectivity index (χ0) is 17.5. The molecular formula is C19H29ClO2. The van der Waals surface area contributed by atoms with Crippen molar-refractivity contribution >= 4 is 17.0 Å². The molecule has 1 aromatic rings. The van der Waals surface area contributed by atoms with Crippen LogP contribution in [0.2, 0.25) is 0 Å². The first-order valence-corrected chi connectivity index (χ1v) is 8.08. The highest BCUT2D eigenvalue weighted by molar-refractivity contribution is 6.61. The summed E-state index contributed by atoms with van der Waals surface area (Å²) in [5.41, 5.74) is 2.18. The highest BCUT2D eigenvalue weighted by atomic mass is 35.5. The fourth-order valence-electron chi connectivity index (χ4n) is 2.37. The molecule has 0 saturated carbocycles. The molecule has 1 aromatic carbocycles. The van der Waals surface area contributed by atoms with Crippen LogP contribution in [0.15, 0.2) is 12.1 Å². The molecule has 3 heteroatoms. The highest BCUT2D eigenvalue weighted by Crippen LogP contribution is 2.43. The molecule has 2 nitrogen and oxygen atoms in total. The van der Waals surface area contributed by atoms with Crippen LogP contribution in [-0.4, -0.2) is 5.43 Å². The van der Waals surface area contributed by atoms with Gasteiger partial charge in [-0.15, -0.1) is 0 Å².